The Labute approximate surface area is 219 Å². The number of hydrogen-bond acceptors (Lipinski definition) is 6. The summed E-state index contributed by atoms with van der Waals surface area (Å²) in [5, 5.41) is 17.2. The molecule has 0 spiro atoms. The molecular weight excluding hydrogens is 472 g/mol. The van der Waals surface area contributed by atoms with Crippen molar-refractivity contribution in [1.82, 2.24) is 35.1 Å². The van der Waals surface area contributed by atoms with E-state index in [4.69, 9.17) is 10.1 Å². The monoisotopic (exact) mass is 498 g/mol. The van der Waals surface area contributed by atoms with Crippen molar-refractivity contribution in [2.75, 3.05) is 18.0 Å². The average Bonchev–Trinajstić information content (AvgIpc) is 3.76. The zero-order valence-corrected chi connectivity index (χ0v) is 21.0. The number of nitrogens with one attached hydrogen (secondary N) is 2. The number of pyridine rings is 1. The minimum atomic E-state index is 0.597. The van der Waals surface area contributed by atoms with Gasteiger partial charge in [-0.25, -0.2) is 9.50 Å². The Bertz CT molecular complexity index is 1820. The Hall–Kier alpha value is -4.56. The standard InChI is InChI=1S/C30H26N8/c1-18-13-21(37-17-20-14-22(37)15-33-20)5-6-23(18)27-9-12-32-30-28(24-3-2-4-26-25(24)16-34-35-26)29(36-38(27)30)19-7-10-31-11-8-19/h2-13,16,20,22,33H,14-15,17H2,1H3,(H,34,35)/t20-,22-/m1/s1. The Morgan fingerprint density at radius 2 is 1.89 bits per heavy atom. The molecule has 2 aliphatic heterocycles. The molecular formula is C30H26N8. The number of aromatic nitrogens is 6. The van der Waals surface area contributed by atoms with E-state index in [1.807, 2.05) is 41.2 Å². The normalized spacial score (nSPS) is 18.7. The fourth-order valence-corrected chi connectivity index (χ4v) is 6.29. The van der Waals surface area contributed by atoms with Crippen LogP contribution in [0.1, 0.15) is 12.0 Å². The van der Waals surface area contributed by atoms with Gasteiger partial charge in [-0.3, -0.25) is 10.1 Å². The van der Waals surface area contributed by atoms with Crippen LogP contribution in [-0.4, -0.2) is 55.0 Å². The van der Waals surface area contributed by atoms with E-state index in [1.54, 1.807) is 12.4 Å². The van der Waals surface area contributed by atoms with Gasteiger partial charge in [-0.2, -0.15) is 10.2 Å². The van der Waals surface area contributed by atoms with Gasteiger partial charge >= 0.3 is 0 Å². The van der Waals surface area contributed by atoms with Crippen molar-refractivity contribution in [3.8, 4) is 33.6 Å². The molecule has 0 radical (unpaired) electrons. The van der Waals surface area contributed by atoms with E-state index in [0.29, 0.717) is 12.1 Å². The molecule has 0 amide bonds. The minimum absolute atomic E-state index is 0.597. The fourth-order valence-electron chi connectivity index (χ4n) is 6.29. The second-order valence-electron chi connectivity index (χ2n) is 10.3. The number of hydrogen-bond donors (Lipinski definition) is 2. The molecule has 2 atom stereocenters. The highest BCUT2D eigenvalue weighted by molar-refractivity contribution is 6.02. The predicted octanol–water partition coefficient (Wildman–Crippen LogP) is 4.86. The first kappa shape index (κ1) is 21.5. The van der Waals surface area contributed by atoms with Gasteiger partial charge in [-0.15, -0.1) is 0 Å². The van der Waals surface area contributed by atoms with E-state index in [2.05, 4.69) is 62.7 Å². The second-order valence-corrected chi connectivity index (χ2v) is 10.3. The maximum atomic E-state index is 5.18. The molecule has 4 aromatic heterocycles. The number of nitrogens with zero attached hydrogens (tertiary/aromatic N) is 6. The number of benzene rings is 2. The molecule has 0 aliphatic carbocycles. The molecule has 186 valence electrons. The molecule has 2 aliphatic rings. The highest BCUT2D eigenvalue weighted by atomic mass is 15.3. The molecule has 2 aromatic carbocycles. The van der Waals surface area contributed by atoms with E-state index in [9.17, 15) is 0 Å². The van der Waals surface area contributed by atoms with Gasteiger partial charge in [0, 0.05) is 66.0 Å². The van der Waals surface area contributed by atoms with Crippen LogP contribution in [0.4, 0.5) is 5.69 Å². The third-order valence-corrected chi connectivity index (χ3v) is 8.10. The average molecular weight is 499 g/mol. The summed E-state index contributed by atoms with van der Waals surface area (Å²) in [5.74, 6) is 0. The summed E-state index contributed by atoms with van der Waals surface area (Å²) in [6, 6.07) is 20.3. The van der Waals surface area contributed by atoms with E-state index in [0.717, 1.165) is 63.3 Å². The largest absolute Gasteiger partial charge is 0.366 e. The van der Waals surface area contributed by atoms with E-state index >= 15 is 0 Å². The van der Waals surface area contributed by atoms with Crippen molar-refractivity contribution >= 4 is 22.2 Å². The molecule has 0 saturated carbocycles. The van der Waals surface area contributed by atoms with Crippen molar-refractivity contribution in [1.29, 1.82) is 0 Å². The summed E-state index contributed by atoms with van der Waals surface area (Å²) < 4.78 is 1.99. The lowest BCUT2D eigenvalue weighted by Crippen LogP contribution is -2.43. The van der Waals surface area contributed by atoms with Gasteiger partial charge < -0.3 is 10.2 Å². The fraction of sp³-hybridized carbons (Fsp3) is 0.200. The van der Waals surface area contributed by atoms with Crippen LogP contribution < -0.4 is 10.2 Å². The maximum Gasteiger partial charge on any atom is 0.164 e. The van der Waals surface area contributed by atoms with Gasteiger partial charge in [0.1, 0.15) is 5.69 Å². The summed E-state index contributed by atoms with van der Waals surface area (Å²) in [6.07, 6.45) is 8.61. The zero-order chi connectivity index (χ0) is 25.2. The van der Waals surface area contributed by atoms with Crippen molar-refractivity contribution in [2.24, 2.45) is 0 Å². The van der Waals surface area contributed by atoms with Gasteiger partial charge in [0.05, 0.1) is 23.0 Å². The van der Waals surface area contributed by atoms with Crippen molar-refractivity contribution in [3.05, 3.63) is 84.9 Å². The molecule has 2 saturated heterocycles. The maximum absolute atomic E-state index is 5.18. The highest BCUT2D eigenvalue weighted by Crippen LogP contribution is 2.40. The van der Waals surface area contributed by atoms with Gasteiger partial charge in [-0.1, -0.05) is 18.2 Å². The van der Waals surface area contributed by atoms with E-state index < -0.39 is 0 Å². The highest BCUT2D eigenvalue weighted by Gasteiger charge is 2.37. The topological polar surface area (TPSA) is 87.0 Å². The van der Waals surface area contributed by atoms with Gasteiger partial charge in [-0.05, 0) is 60.9 Å². The van der Waals surface area contributed by atoms with E-state index in [1.165, 1.54) is 17.7 Å². The summed E-state index contributed by atoms with van der Waals surface area (Å²) in [5.41, 5.74) is 10.4. The van der Waals surface area contributed by atoms with Gasteiger partial charge in [0.25, 0.3) is 0 Å². The number of rotatable bonds is 4. The van der Waals surface area contributed by atoms with Crippen LogP contribution in [0.25, 0.3) is 50.2 Å². The van der Waals surface area contributed by atoms with Crippen LogP contribution in [0.15, 0.2) is 79.4 Å². The van der Waals surface area contributed by atoms with Crippen molar-refractivity contribution < 1.29 is 0 Å². The molecule has 6 aromatic rings. The van der Waals surface area contributed by atoms with E-state index in [-0.39, 0.29) is 0 Å². The van der Waals surface area contributed by atoms with Crippen LogP contribution in [0, 0.1) is 6.92 Å². The van der Waals surface area contributed by atoms with Crippen LogP contribution >= 0.6 is 0 Å². The Kier molecular flexibility index (Phi) is 4.66. The van der Waals surface area contributed by atoms with Crippen LogP contribution in [0.5, 0.6) is 0 Å². The lowest BCUT2D eigenvalue weighted by molar-refractivity contribution is 0.580. The quantitative estimate of drug-likeness (QED) is 0.361. The molecule has 2 fully saturated rings. The Morgan fingerprint density at radius 3 is 2.71 bits per heavy atom. The number of anilines is 1. The zero-order valence-electron chi connectivity index (χ0n) is 21.0. The SMILES string of the molecule is Cc1cc(N2C[C@H]3C[C@@H]2CN3)ccc1-c1ccnc2c(-c3cccc4[nH]ncc34)c(-c3ccncc3)nn12. The van der Waals surface area contributed by atoms with Crippen LogP contribution in [-0.2, 0) is 0 Å². The van der Waals surface area contributed by atoms with Crippen LogP contribution in [0.2, 0.25) is 0 Å². The minimum Gasteiger partial charge on any atom is -0.366 e. The molecule has 38 heavy (non-hydrogen) atoms. The van der Waals surface area contributed by atoms with Crippen LogP contribution in [0.3, 0.4) is 0 Å². The summed E-state index contributed by atoms with van der Waals surface area (Å²) >= 11 is 0. The molecule has 8 heteroatoms. The lowest BCUT2D eigenvalue weighted by Gasteiger charge is -2.30. The predicted molar refractivity (Wildman–Crippen MR) is 149 cm³/mol. The lowest BCUT2D eigenvalue weighted by atomic mass is 9.99. The molecule has 6 heterocycles. The molecule has 2 N–H and O–H groups in total. The van der Waals surface area contributed by atoms with Crippen molar-refractivity contribution in [2.45, 2.75) is 25.4 Å². The molecule has 8 nitrogen and oxygen atoms in total. The number of piperazine rings is 1. The second kappa shape index (κ2) is 8.22. The first-order valence-electron chi connectivity index (χ1n) is 13.1. The van der Waals surface area contributed by atoms with Gasteiger partial charge in [0.15, 0.2) is 5.65 Å². The molecule has 0 unspecified atom stereocenters. The summed E-state index contributed by atoms with van der Waals surface area (Å²) in [6.45, 7) is 4.35. The third kappa shape index (κ3) is 3.20. The first-order chi connectivity index (χ1) is 18.7. The Morgan fingerprint density at radius 1 is 0.974 bits per heavy atom. The smallest absolute Gasteiger partial charge is 0.164 e. The number of fused-ring (bicyclic) bond motifs is 4. The third-order valence-electron chi connectivity index (χ3n) is 8.10. The number of aromatic amines is 1. The van der Waals surface area contributed by atoms with Crippen molar-refractivity contribution in [3.63, 3.8) is 0 Å². The number of H-pyrrole nitrogens is 1. The summed E-state index contributed by atoms with van der Waals surface area (Å²) in [7, 11) is 0. The molecule has 8 rings (SSSR count). The number of aryl methyl sites for hydroxylation is 1. The molecule has 2 bridgehead atoms. The van der Waals surface area contributed by atoms with Gasteiger partial charge in [0.2, 0.25) is 0 Å². The first-order valence-corrected chi connectivity index (χ1v) is 13.1. The summed E-state index contributed by atoms with van der Waals surface area (Å²) in [4.78, 5) is 11.6. The Balaban J connectivity index is 1.33.